The van der Waals surface area contributed by atoms with Gasteiger partial charge in [0.1, 0.15) is 11.2 Å². The highest BCUT2D eigenvalue weighted by Crippen LogP contribution is 2.38. The van der Waals surface area contributed by atoms with Gasteiger partial charge in [-0.25, -0.2) is 5.01 Å². The minimum absolute atomic E-state index is 0.0897. The van der Waals surface area contributed by atoms with E-state index in [1.807, 2.05) is 30.3 Å². The van der Waals surface area contributed by atoms with E-state index in [4.69, 9.17) is 15.7 Å². The molecule has 0 aromatic heterocycles. The summed E-state index contributed by atoms with van der Waals surface area (Å²) < 4.78 is 5.67. The van der Waals surface area contributed by atoms with Crippen LogP contribution in [0.2, 0.25) is 0 Å². The number of hydrazone groups is 1. The number of amides is 2. The molecule has 2 atom stereocenters. The molecule has 2 aliphatic heterocycles. The van der Waals surface area contributed by atoms with Gasteiger partial charge in [0.05, 0.1) is 30.0 Å². The van der Waals surface area contributed by atoms with Gasteiger partial charge in [0, 0.05) is 33.0 Å². The molecule has 0 radical (unpaired) electrons. The summed E-state index contributed by atoms with van der Waals surface area (Å²) in [7, 11) is 1.66. The van der Waals surface area contributed by atoms with Gasteiger partial charge in [-0.2, -0.15) is 10.4 Å². The SMILES string of the molecule is CN1N=C2CCN(C(=O)[C@H](N)CCOc3cccc(C#N)c3)C[C@@]2(Cc2ccccc2)C1=O. The molecule has 33 heavy (non-hydrogen) atoms. The van der Waals surface area contributed by atoms with E-state index >= 15 is 0 Å². The molecule has 2 aliphatic rings. The molecule has 2 heterocycles. The van der Waals surface area contributed by atoms with Crippen LogP contribution in [0.5, 0.6) is 5.75 Å². The monoisotopic (exact) mass is 445 g/mol. The van der Waals surface area contributed by atoms with Crippen molar-refractivity contribution >= 4 is 17.5 Å². The van der Waals surface area contributed by atoms with Crippen molar-refractivity contribution in [2.45, 2.75) is 25.3 Å². The van der Waals surface area contributed by atoms with E-state index in [-0.39, 0.29) is 25.0 Å². The summed E-state index contributed by atoms with van der Waals surface area (Å²) in [6.07, 6.45) is 1.36. The number of rotatable bonds is 7. The molecule has 0 saturated carbocycles. The molecule has 2 aromatic carbocycles. The third-order valence-electron chi connectivity index (χ3n) is 6.24. The summed E-state index contributed by atoms with van der Waals surface area (Å²) in [6.45, 7) is 0.995. The molecule has 2 N–H and O–H groups in total. The number of hydrogen-bond donors (Lipinski definition) is 1. The number of ether oxygens (including phenoxy) is 1. The Bertz CT molecular complexity index is 1110. The summed E-state index contributed by atoms with van der Waals surface area (Å²) in [6, 6.07) is 18.0. The smallest absolute Gasteiger partial charge is 0.256 e. The van der Waals surface area contributed by atoms with Crippen LogP contribution in [-0.2, 0) is 16.0 Å². The van der Waals surface area contributed by atoms with Gasteiger partial charge in [-0.05, 0) is 30.2 Å². The third-order valence-corrected chi connectivity index (χ3v) is 6.24. The Morgan fingerprint density at radius 2 is 2.06 bits per heavy atom. The van der Waals surface area contributed by atoms with Gasteiger partial charge in [0.2, 0.25) is 5.91 Å². The van der Waals surface area contributed by atoms with E-state index in [1.165, 1.54) is 5.01 Å². The van der Waals surface area contributed by atoms with E-state index in [9.17, 15) is 9.59 Å². The highest BCUT2D eigenvalue weighted by Gasteiger charge is 2.53. The van der Waals surface area contributed by atoms with Crippen LogP contribution in [0.25, 0.3) is 0 Å². The molecule has 4 rings (SSSR count). The number of carbonyl (C=O) groups excluding carboxylic acids is 2. The first kappa shape index (κ1) is 22.5. The summed E-state index contributed by atoms with van der Waals surface area (Å²) in [5, 5.41) is 14.9. The van der Waals surface area contributed by atoms with Gasteiger partial charge in [-0.15, -0.1) is 0 Å². The first-order valence-electron chi connectivity index (χ1n) is 11.0. The van der Waals surface area contributed by atoms with Crippen LogP contribution in [0.15, 0.2) is 59.7 Å². The van der Waals surface area contributed by atoms with E-state index in [2.05, 4.69) is 11.2 Å². The summed E-state index contributed by atoms with van der Waals surface area (Å²) in [5.74, 6) is 0.278. The number of piperidine rings is 1. The molecule has 0 unspecified atom stereocenters. The average Bonchev–Trinajstić information content (AvgIpc) is 3.08. The van der Waals surface area contributed by atoms with Crippen LogP contribution in [0.1, 0.15) is 24.0 Å². The molecule has 2 amide bonds. The highest BCUT2D eigenvalue weighted by molar-refractivity contribution is 6.13. The van der Waals surface area contributed by atoms with Crippen molar-refractivity contribution < 1.29 is 14.3 Å². The van der Waals surface area contributed by atoms with Crippen LogP contribution >= 0.6 is 0 Å². The Balaban J connectivity index is 1.42. The molecular formula is C25H27N5O3. The van der Waals surface area contributed by atoms with E-state index in [0.29, 0.717) is 37.1 Å². The first-order chi connectivity index (χ1) is 15.9. The maximum Gasteiger partial charge on any atom is 0.256 e. The third kappa shape index (κ3) is 4.59. The van der Waals surface area contributed by atoms with Gasteiger partial charge in [0.25, 0.3) is 5.91 Å². The number of nitrogens with two attached hydrogens (primary N) is 1. The number of carbonyl (C=O) groups is 2. The molecule has 8 heteroatoms. The van der Waals surface area contributed by atoms with Crippen molar-refractivity contribution in [1.82, 2.24) is 9.91 Å². The van der Waals surface area contributed by atoms with E-state index in [0.717, 1.165) is 11.3 Å². The molecule has 0 bridgehead atoms. The Morgan fingerprint density at radius 3 is 2.82 bits per heavy atom. The summed E-state index contributed by atoms with van der Waals surface area (Å²) >= 11 is 0. The second-order valence-electron chi connectivity index (χ2n) is 8.51. The van der Waals surface area contributed by atoms with Crippen LogP contribution in [0.4, 0.5) is 0 Å². The van der Waals surface area contributed by atoms with Crippen LogP contribution < -0.4 is 10.5 Å². The average molecular weight is 446 g/mol. The second-order valence-corrected chi connectivity index (χ2v) is 8.51. The zero-order valence-corrected chi connectivity index (χ0v) is 18.6. The quantitative estimate of drug-likeness (QED) is 0.700. The summed E-state index contributed by atoms with van der Waals surface area (Å²) in [5.41, 5.74) is 7.73. The zero-order valence-electron chi connectivity index (χ0n) is 18.6. The maximum absolute atomic E-state index is 13.2. The second kappa shape index (κ2) is 9.43. The number of hydrogen-bond acceptors (Lipinski definition) is 6. The fourth-order valence-corrected chi connectivity index (χ4v) is 4.53. The lowest BCUT2D eigenvalue weighted by Gasteiger charge is -2.40. The van der Waals surface area contributed by atoms with Crippen molar-refractivity contribution in [3.8, 4) is 11.8 Å². The molecule has 8 nitrogen and oxygen atoms in total. The predicted molar refractivity (Wildman–Crippen MR) is 123 cm³/mol. The molecule has 170 valence electrons. The van der Waals surface area contributed by atoms with E-state index < -0.39 is 11.5 Å². The van der Waals surface area contributed by atoms with Crippen molar-refractivity contribution in [1.29, 1.82) is 5.26 Å². The summed E-state index contributed by atoms with van der Waals surface area (Å²) in [4.78, 5) is 28.0. The number of fused-ring (bicyclic) bond motifs is 1. The highest BCUT2D eigenvalue weighted by atomic mass is 16.5. The Labute approximate surface area is 193 Å². The Morgan fingerprint density at radius 1 is 1.27 bits per heavy atom. The normalized spacial score (nSPS) is 20.6. The van der Waals surface area contributed by atoms with Crippen molar-refractivity contribution in [3.63, 3.8) is 0 Å². The predicted octanol–water partition coefficient (Wildman–Crippen LogP) is 1.94. The first-order valence-corrected chi connectivity index (χ1v) is 11.0. The number of nitriles is 1. The van der Waals surface area contributed by atoms with Crippen LogP contribution in [-0.4, -0.2) is 60.2 Å². The van der Waals surface area contributed by atoms with Crippen molar-refractivity contribution in [2.75, 3.05) is 26.7 Å². The Hall–Kier alpha value is -3.70. The van der Waals surface area contributed by atoms with Gasteiger partial charge < -0.3 is 15.4 Å². The number of benzene rings is 2. The van der Waals surface area contributed by atoms with Crippen molar-refractivity contribution in [3.05, 3.63) is 65.7 Å². The maximum atomic E-state index is 13.2. The molecule has 1 saturated heterocycles. The van der Waals surface area contributed by atoms with Crippen molar-refractivity contribution in [2.24, 2.45) is 16.3 Å². The largest absolute Gasteiger partial charge is 0.493 e. The topological polar surface area (TPSA) is 112 Å². The van der Waals surface area contributed by atoms with Gasteiger partial charge in [0.15, 0.2) is 0 Å². The van der Waals surface area contributed by atoms with Crippen LogP contribution in [0.3, 0.4) is 0 Å². The van der Waals surface area contributed by atoms with Gasteiger partial charge >= 0.3 is 0 Å². The molecule has 2 aromatic rings. The minimum atomic E-state index is -0.849. The van der Waals surface area contributed by atoms with Gasteiger partial charge in [-0.1, -0.05) is 36.4 Å². The molecule has 0 aliphatic carbocycles. The standard InChI is InChI=1S/C25H27N5O3/c1-29-24(32)25(15-18-6-3-2-4-7-18)17-30(12-10-22(25)28-29)23(31)21(27)11-13-33-20-9-5-8-19(14-20)16-26/h2-9,14,21H,10-13,15,17,27H2,1H3/t21-,25-/m1/s1. The Kier molecular flexibility index (Phi) is 6.43. The lowest BCUT2D eigenvalue weighted by molar-refractivity contribution is -0.140. The lowest BCUT2D eigenvalue weighted by atomic mass is 9.73. The molecule has 1 fully saturated rings. The van der Waals surface area contributed by atoms with Gasteiger partial charge in [-0.3, -0.25) is 9.59 Å². The molecular weight excluding hydrogens is 418 g/mol. The fourth-order valence-electron chi connectivity index (χ4n) is 4.53. The van der Waals surface area contributed by atoms with E-state index in [1.54, 1.807) is 36.2 Å². The fraction of sp³-hybridized carbons (Fsp3) is 0.360. The number of nitrogens with zero attached hydrogens (tertiary/aromatic N) is 4. The lowest BCUT2D eigenvalue weighted by Crippen LogP contribution is -2.58. The minimum Gasteiger partial charge on any atom is -0.493 e. The molecule has 0 spiro atoms. The zero-order chi connectivity index (χ0) is 23.4. The van der Waals surface area contributed by atoms with Crippen LogP contribution in [0, 0.1) is 16.7 Å². The number of likely N-dealkylation sites (tertiary alicyclic amines) is 1.